The van der Waals surface area contributed by atoms with Gasteiger partial charge in [-0.1, -0.05) is 13.8 Å². The smallest absolute Gasteiger partial charge is 0.128 e. The number of hydrogen-bond donors (Lipinski definition) is 1. The fourth-order valence-electron chi connectivity index (χ4n) is 1.52. The van der Waals surface area contributed by atoms with Gasteiger partial charge in [-0.15, -0.1) is 0 Å². The molecule has 0 aromatic heterocycles. The van der Waals surface area contributed by atoms with Crippen molar-refractivity contribution in [3.8, 4) is 0 Å². The molecule has 0 aliphatic heterocycles. The zero-order chi connectivity index (χ0) is 12.3. The second kappa shape index (κ2) is 5.39. The molecule has 16 heavy (non-hydrogen) atoms. The second-order valence-electron chi connectivity index (χ2n) is 4.59. The van der Waals surface area contributed by atoms with Crippen LogP contribution in [0, 0.1) is 17.6 Å². The largest absolute Gasteiger partial charge is 0.307 e. The van der Waals surface area contributed by atoms with Crippen molar-refractivity contribution in [2.45, 2.75) is 39.8 Å². The molecule has 0 saturated carbocycles. The van der Waals surface area contributed by atoms with E-state index in [1.807, 2.05) is 13.8 Å². The highest BCUT2D eigenvalue weighted by Gasteiger charge is 2.15. The zero-order valence-corrected chi connectivity index (χ0v) is 10.2. The topological polar surface area (TPSA) is 12.0 Å². The number of halogens is 2. The first kappa shape index (κ1) is 13.1. The van der Waals surface area contributed by atoms with Gasteiger partial charge in [0.05, 0.1) is 0 Å². The summed E-state index contributed by atoms with van der Waals surface area (Å²) in [6.07, 6.45) is 0. The molecule has 0 bridgehead atoms. The Labute approximate surface area is 95.9 Å². The minimum atomic E-state index is -0.401. The predicted octanol–water partition coefficient (Wildman–Crippen LogP) is 3.66. The van der Waals surface area contributed by atoms with Crippen LogP contribution in [0.2, 0.25) is 0 Å². The maximum absolute atomic E-state index is 13.5. The highest BCUT2D eigenvalue weighted by molar-refractivity contribution is 5.21. The van der Waals surface area contributed by atoms with E-state index < -0.39 is 5.82 Å². The van der Waals surface area contributed by atoms with E-state index in [0.29, 0.717) is 11.5 Å². The maximum Gasteiger partial charge on any atom is 0.128 e. The molecule has 0 heterocycles. The molecule has 1 aromatic carbocycles. The summed E-state index contributed by atoms with van der Waals surface area (Å²) in [6.45, 7) is 8.06. The summed E-state index contributed by atoms with van der Waals surface area (Å²) < 4.78 is 26.5. The fraction of sp³-hybridized carbons (Fsp3) is 0.538. The van der Waals surface area contributed by atoms with Gasteiger partial charge in [-0.25, -0.2) is 8.78 Å². The number of rotatable bonds is 4. The minimum absolute atomic E-state index is 0.187. The lowest BCUT2D eigenvalue weighted by molar-refractivity contribution is 0.382. The summed E-state index contributed by atoms with van der Waals surface area (Å²) in [4.78, 5) is 0. The van der Waals surface area contributed by atoms with Gasteiger partial charge in [-0.2, -0.15) is 0 Å². The Balaban J connectivity index is 2.80. The van der Waals surface area contributed by atoms with Crippen molar-refractivity contribution in [2.75, 3.05) is 0 Å². The summed E-state index contributed by atoms with van der Waals surface area (Å²) in [5.41, 5.74) is 0.382. The van der Waals surface area contributed by atoms with E-state index in [1.54, 1.807) is 0 Å². The molecule has 0 aliphatic rings. The van der Waals surface area contributed by atoms with Gasteiger partial charge >= 0.3 is 0 Å². The first-order valence-electron chi connectivity index (χ1n) is 5.62. The first-order valence-corrected chi connectivity index (χ1v) is 5.62. The van der Waals surface area contributed by atoms with E-state index in [1.165, 1.54) is 12.1 Å². The maximum atomic E-state index is 13.5. The molecule has 0 fully saturated rings. The molecule has 1 rings (SSSR count). The van der Waals surface area contributed by atoms with E-state index in [2.05, 4.69) is 19.2 Å². The Bertz CT molecular complexity index is 350. The standard InChI is InChI=1S/C13H19F2N/c1-8(2)9(3)16-10(4)12-7-11(14)5-6-13(12)15/h5-10,16H,1-4H3. The molecule has 0 radical (unpaired) electrons. The molecular weight excluding hydrogens is 208 g/mol. The molecule has 1 nitrogen and oxygen atoms in total. The molecule has 0 spiro atoms. The van der Waals surface area contributed by atoms with Gasteiger partial charge in [0.15, 0.2) is 0 Å². The van der Waals surface area contributed by atoms with Crippen LogP contribution in [0.1, 0.15) is 39.3 Å². The third-order valence-electron chi connectivity index (χ3n) is 2.94. The lowest BCUT2D eigenvalue weighted by Gasteiger charge is -2.23. The average molecular weight is 227 g/mol. The van der Waals surface area contributed by atoms with Crippen LogP contribution < -0.4 is 5.32 Å². The quantitative estimate of drug-likeness (QED) is 0.827. The third kappa shape index (κ3) is 3.27. The van der Waals surface area contributed by atoms with Gasteiger partial charge in [-0.05, 0) is 38.0 Å². The van der Waals surface area contributed by atoms with E-state index in [9.17, 15) is 8.78 Å². The van der Waals surface area contributed by atoms with E-state index >= 15 is 0 Å². The van der Waals surface area contributed by atoms with Crippen molar-refractivity contribution in [3.63, 3.8) is 0 Å². The molecule has 3 heteroatoms. The summed E-state index contributed by atoms with van der Waals surface area (Å²) in [6, 6.07) is 3.63. The van der Waals surface area contributed by atoms with Crippen molar-refractivity contribution in [3.05, 3.63) is 35.4 Å². The normalized spacial score (nSPS) is 15.2. The molecule has 1 aromatic rings. The van der Waals surface area contributed by atoms with Crippen LogP contribution in [0.15, 0.2) is 18.2 Å². The van der Waals surface area contributed by atoms with Crippen molar-refractivity contribution >= 4 is 0 Å². The summed E-state index contributed by atoms with van der Waals surface area (Å²) in [7, 11) is 0. The number of hydrogen-bond acceptors (Lipinski definition) is 1. The molecule has 2 atom stereocenters. The predicted molar refractivity (Wildman–Crippen MR) is 62.2 cm³/mol. The first-order chi connectivity index (χ1) is 7.41. The van der Waals surface area contributed by atoms with E-state index in [4.69, 9.17) is 0 Å². The van der Waals surface area contributed by atoms with Gasteiger partial charge in [-0.3, -0.25) is 0 Å². The molecule has 90 valence electrons. The van der Waals surface area contributed by atoms with E-state index in [0.717, 1.165) is 6.07 Å². The molecule has 0 aliphatic carbocycles. The van der Waals surface area contributed by atoms with Crippen LogP contribution in [-0.2, 0) is 0 Å². The van der Waals surface area contributed by atoms with Crippen LogP contribution in [0.4, 0.5) is 8.78 Å². The van der Waals surface area contributed by atoms with Crippen LogP contribution in [0.25, 0.3) is 0 Å². The monoisotopic (exact) mass is 227 g/mol. The van der Waals surface area contributed by atoms with Crippen molar-refractivity contribution in [1.29, 1.82) is 0 Å². The Morgan fingerprint density at radius 3 is 2.25 bits per heavy atom. The Morgan fingerprint density at radius 1 is 1.06 bits per heavy atom. The van der Waals surface area contributed by atoms with Crippen LogP contribution in [-0.4, -0.2) is 6.04 Å². The van der Waals surface area contributed by atoms with Gasteiger partial charge in [0.25, 0.3) is 0 Å². The molecule has 1 N–H and O–H groups in total. The molecular formula is C13H19F2N. The fourth-order valence-corrected chi connectivity index (χ4v) is 1.52. The number of benzene rings is 1. The van der Waals surface area contributed by atoms with Gasteiger partial charge in [0.2, 0.25) is 0 Å². The summed E-state index contributed by atoms with van der Waals surface area (Å²) >= 11 is 0. The van der Waals surface area contributed by atoms with Gasteiger partial charge < -0.3 is 5.32 Å². The molecule has 2 unspecified atom stereocenters. The average Bonchev–Trinajstić information content (AvgIpc) is 2.21. The van der Waals surface area contributed by atoms with Crippen LogP contribution >= 0.6 is 0 Å². The van der Waals surface area contributed by atoms with Gasteiger partial charge in [0.1, 0.15) is 11.6 Å². The van der Waals surface area contributed by atoms with Crippen molar-refractivity contribution < 1.29 is 8.78 Å². The SMILES string of the molecule is CC(NC(C)C(C)C)c1cc(F)ccc1F. The molecule has 0 saturated heterocycles. The van der Waals surface area contributed by atoms with Crippen LogP contribution in [0.5, 0.6) is 0 Å². The zero-order valence-electron chi connectivity index (χ0n) is 10.2. The highest BCUT2D eigenvalue weighted by atomic mass is 19.1. The highest BCUT2D eigenvalue weighted by Crippen LogP contribution is 2.19. The Kier molecular flexibility index (Phi) is 4.42. The molecule has 0 amide bonds. The minimum Gasteiger partial charge on any atom is -0.307 e. The lowest BCUT2D eigenvalue weighted by atomic mass is 10.0. The number of nitrogens with one attached hydrogen (secondary N) is 1. The lowest BCUT2D eigenvalue weighted by Crippen LogP contribution is -2.33. The third-order valence-corrected chi connectivity index (χ3v) is 2.94. The van der Waals surface area contributed by atoms with Crippen molar-refractivity contribution in [1.82, 2.24) is 5.32 Å². The Morgan fingerprint density at radius 2 is 1.69 bits per heavy atom. The van der Waals surface area contributed by atoms with E-state index in [-0.39, 0.29) is 17.9 Å². The van der Waals surface area contributed by atoms with Gasteiger partial charge in [0, 0.05) is 17.6 Å². The Hall–Kier alpha value is -0.960. The summed E-state index contributed by atoms with van der Waals surface area (Å²) in [5.74, 6) is -0.307. The van der Waals surface area contributed by atoms with Crippen molar-refractivity contribution in [2.24, 2.45) is 5.92 Å². The van der Waals surface area contributed by atoms with Crippen LogP contribution in [0.3, 0.4) is 0 Å². The second-order valence-corrected chi connectivity index (χ2v) is 4.59. The summed E-state index contributed by atoms with van der Waals surface area (Å²) in [5, 5.41) is 3.26.